The molecule has 0 saturated carbocycles. The Bertz CT molecular complexity index is 906. The van der Waals surface area contributed by atoms with Gasteiger partial charge in [0, 0.05) is 24.0 Å². The normalized spacial score (nSPS) is 11.3. The highest BCUT2D eigenvalue weighted by atomic mass is 16.2. The lowest BCUT2D eigenvalue weighted by molar-refractivity contribution is 0.0717. The van der Waals surface area contributed by atoms with Crippen LogP contribution in [0.2, 0.25) is 0 Å². The summed E-state index contributed by atoms with van der Waals surface area (Å²) in [5, 5.41) is 0.916. The Hall–Kier alpha value is -2.68. The van der Waals surface area contributed by atoms with E-state index in [-0.39, 0.29) is 5.91 Å². The molecule has 2 aromatic carbocycles. The summed E-state index contributed by atoms with van der Waals surface area (Å²) in [7, 11) is 0. The van der Waals surface area contributed by atoms with Crippen molar-refractivity contribution in [3.63, 3.8) is 0 Å². The van der Waals surface area contributed by atoms with Gasteiger partial charge in [0.05, 0.1) is 16.8 Å². The van der Waals surface area contributed by atoms with Gasteiger partial charge < -0.3 is 4.90 Å². The Kier molecular flexibility index (Phi) is 5.90. The summed E-state index contributed by atoms with van der Waals surface area (Å²) < 4.78 is 0. The molecule has 0 bridgehead atoms. The number of nitrogens with zero attached hydrogens (tertiary/aromatic N) is 2. The van der Waals surface area contributed by atoms with E-state index >= 15 is 0 Å². The predicted octanol–water partition coefficient (Wildman–Crippen LogP) is 5.66. The molecule has 1 amide bonds. The molecule has 0 spiro atoms. The molecular weight excluding hydrogens is 332 g/mol. The van der Waals surface area contributed by atoms with Gasteiger partial charge in [-0.1, -0.05) is 76.2 Å². The summed E-state index contributed by atoms with van der Waals surface area (Å²) in [6, 6.07) is 19.9. The minimum Gasteiger partial charge on any atom is -0.338 e. The third-order valence-electron chi connectivity index (χ3n) is 4.47. The number of carbonyl (C=O) groups excluding carboxylic acids is 1. The average Bonchev–Trinajstić information content (AvgIpc) is 2.66. The highest BCUT2D eigenvalue weighted by Crippen LogP contribution is 2.26. The fourth-order valence-corrected chi connectivity index (χ4v) is 3.40. The minimum absolute atomic E-state index is 0.0909. The summed E-state index contributed by atoms with van der Waals surface area (Å²) in [6.07, 6.45) is 0. The molecule has 0 N–H and O–H groups in total. The van der Waals surface area contributed by atoms with Crippen molar-refractivity contribution in [3.8, 4) is 11.3 Å². The molecule has 0 fully saturated rings. The molecule has 0 saturated heterocycles. The van der Waals surface area contributed by atoms with E-state index in [1.165, 1.54) is 0 Å². The van der Waals surface area contributed by atoms with E-state index in [1.807, 2.05) is 65.6 Å². The van der Waals surface area contributed by atoms with Crippen molar-refractivity contribution in [2.75, 3.05) is 13.1 Å². The third-order valence-corrected chi connectivity index (χ3v) is 4.47. The first-order chi connectivity index (χ1) is 13.0. The van der Waals surface area contributed by atoms with E-state index in [2.05, 4.69) is 27.7 Å². The summed E-state index contributed by atoms with van der Waals surface area (Å²) in [5.74, 6) is 0.942. The van der Waals surface area contributed by atoms with E-state index in [9.17, 15) is 4.79 Å². The lowest BCUT2D eigenvalue weighted by Gasteiger charge is -2.27. The number of aromatic nitrogens is 1. The number of rotatable bonds is 6. The highest BCUT2D eigenvalue weighted by Gasteiger charge is 2.21. The molecule has 0 unspecified atom stereocenters. The summed E-state index contributed by atoms with van der Waals surface area (Å²) in [4.78, 5) is 20.3. The van der Waals surface area contributed by atoms with Gasteiger partial charge in [0.25, 0.3) is 5.91 Å². The van der Waals surface area contributed by atoms with Crippen molar-refractivity contribution < 1.29 is 4.79 Å². The molecule has 3 heteroatoms. The van der Waals surface area contributed by atoms with Gasteiger partial charge in [-0.3, -0.25) is 4.79 Å². The van der Waals surface area contributed by atoms with Crippen molar-refractivity contribution in [2.24, 2.45) is 11.8 Å². The van der Waals surface area contributed by atoms with Crippen LogP contribution in [0.4, 0.5) is 0 Å². The molecule has 0 aliphatic heterocycles. The van der Waals surface area contributed by atoms with Crippen molar-refractivity contribution in [1.82, 2.24) is 9.88 Å². The first kappa shape index (κ1) is 19.1. The molecule has 3 rings (SSSR count). The maximum atomic E-state index is 13.5. The van der Waals surface area contributed by atoms with Gasteiger partial charge in [-0.05, 0) is 24.0 Å². The molecule has 1 aromatic heterocycles. The summed E-state index contributed by atoms with van der Waals surface area (Å²) in [5.41, 5.74) is 3.46. The molecule has 27 heavy (non-hydrogen) atoms. The zero-order valence-corrected chi connectivity index (χ0v) is 16.6. The molecule has 1 heterocycles. The van der Waals surface area contributed by atoms with E-state index in [0.29, 0.717) is 11.8 Å². The number of para-hydroxylation sites is 1. The van der Waals surface area contributed by atoms with Crippen LogP contribution in [0.15, 0.2) is 60.7 Å². The van der Waals surface area contributed by atoms with Crippen molar-refractivity contribution >= 4 is 16.8 Å². The number of fused-ring (bicyclic) bond motifs is 1. The second kappa shape index (κ2) is 8.34. The van der Waals surface area contributed by atoms with Crippen LogP contribution < -0.4 is 0 Å². The maximum Gasteiger partial charge on any atom is 0.254 e. The van der Waals surface area contributed by atoms with Crippen LogP contribution in [0.5, 0.6) is 0 Å². The Balaban J connectivity index is 2.12. The molecular formula is C24H28N2O. The van der Waals surface area contributed by atoms with Gasteiger partial charge >= 0.3 is 0 Å². The van der Waals surface area contributed by atoms with Gasteiger partial charge in [0.15, 0.2) is 0 Å². The van der Waals surface area contributed by atoms with Crippen LogP contribution in [0.1, 0.15) is 38.1 Å². The van der Waals surface area contributed by atoms with Crippen molar-refractivity contribution in [3.05, 3.63) is 66.2 Å². The Morgan fingerprint density at radius 1 is 0.889 bits per heavy atom. The van der Waals surface area contributed by atoms with Crippen molar-refractivity contribution in [1.29, 1.82) is 0 Å². The van der Waals surface area contributed by atoms with Crippen LogP contribution in [0.3, 0.4) is 0 Å². The molecule has 0 aliphatic rings. The van der Waals surface area contributed by atoms with E-state index in [1.54, 1.807) is 0 Å². The second-order valence-corrected chi connectivity index (χ2v) is 7.94. The topological polar surface area (TPSA) is 33.2 Å². The Morgan fingerprint density at radius 2 is 1.48 bits per heavy atom. The minimum atomic E-state index is 0.0909. The zero-order chi connectivity index (χ0) is 19.4. The fraction of sp³-hybridized carbons (Fsp3) is 0.333. The number of hydrogen-bond acceptors (Lipinski definition) is 2. The first-order valence-electron chi connectivity index (χ1n) is 9.70. The molecule has 0 atom stereocenters. The Labute approximate surface area is 162 Å². The largest absolute Gasteiger partial charge is 0.338 e. The highest BCUT2D eigenvalue weighted by molar-refractivity contribution is 6.07. The average molecular weight is 361 g/mol. The van der Waals surface area contributed by atoms with Gasteiger partial charge in [-0.2, -0.15) is 0 Å². The van der Waals surface area contributed by atoms with E-state index in [0.717, 1.165) is 40.8 Å². The van der Waals surface area contributed by atoms with Gasteiger partial charge in [-0.25, -0.2) is 4.98 Å². The lowest BCUT2D eigenvalue weighted by Crippen LogP contribution is -2.37. The van der Waals surface area contributed by atoms with Crippen LogP contribution in [-0.2, 0) is 0 Å². The van der Waals surface area contributed by atoms with Crippen LogP contribution in [-0.4, -0.2) is 28.9 Å². The number of benzene rings is 2. The monoisotopic (exact) mass is 360 g/mol. The fourth-order valence-electron chi connectivity index (χ4n) is 3.40. The first-order valence-corrected chi connectivity index (χ1v) is 9.70. The molecule has 3 aromatic rings. The van der Waals surface area contributed by atoms with E-state index < -0.39 is 0 Å². The number of carbonyl (C=O) groups is 1. The number of amides is 1. The van der Waals surface area contributed by atoms with Crippen LogP contribution in [0, 0.1) is 11.8 Å². The summed E-state index contributed by atoms with van der Waals surface area (Å²) in [6.45, 7) is 10.1. The maximum absolute atomic E-state index is 13.5. The zero-order valence-electron chi connectivity index (χ0n) is 16.6. The Morgan fingerprint density at radius 3 is 2.11 bits per heavy atom. The van der Waals surface area contributed by atoms with Gasteiger partial charge in [-0.15, -0.1) is 0 Å². The quantitative estimate of drug-likeness (QED) is 0.568. The smallest absolute Gasteiger partial charge is 0.254 e. The standard InChI is InChI=1S/C24H28N2O/c1-17(2)15-26(16-18(3)4)24(27)21-14-23(19-10-6-5-7-11-19)25-22-13-9-8-12-20(21)22/h5-14,17-18H,15-16H2,1-4H3. The van der Waals surface area contributed by atoms with Crippen LogP contribution in [0.25, 0.3) is 22.2 Å². The molecule has 0 aliphatic carbocycles. The SMILES string of the molecule is CC(C)CN(CC(C)C)C(=O)c1cc(-c2ccccc2)nc2ccccc12. The van der Waals surface area contributed by atoms with E-state index in [4.69, 9.17) is 4.98 Å². The number of hydrogen-bond donors (Lipinski definition) is 0. The molecule has 140 valence electrons. The molecule has 3 nitrogen and oxygen atoms in total. The predicted molar refractivity (Wildman–Crippen MR) is 113 cm³/mol. The van der Waals surface area contributed by atoms with Gasteiger partial charge in [0.2, 0.25) is 0 Å². The third kappa shape index (κ3) is 4.54. The van der Waals surface area contributed by atoms with Gasteiger partial charge in [0.1, 0.15) is 0 Å². The lowest BCUT2D eigenvalue weighted by atomic mass is 10.0. The second-order valence-electron chi connectivity index (χ2n) is 7.94. The van der Waals surface area contributed by atoms with Crippen molar-refractivity contribution in [2.45, 2.75) is 27.7 Å². The summed E-state index contributed by atoms with van der Waals surface area (Å²) >= 11 is 0. The molecule has 0 radical (unpaired) electrons. The van der Waals surface area contributed by atoms with Crippen LogP contribution >= 0.6 is 0 Å². The number of pyridine rings is 1.